The van der Waals surface area contributed by atoms with E-state index in [2.05, 4.69) is 10.6 Å². The smallest absolute Gasteiger partial charge is 0.239 e. The Kier molecular flexibility index (Phi) is 3.43. The highest BCUT2D eigenvalue weighted by Crippen LogP contribution is 2.28. The van der Waals surface area contributed by atoms with E-state index >= 15 is 0 Å². The molecule has 5 nitrogen and oxygen atoms in total. The van der Waals surface area contributed by atoms with Crippen molar-refractivity contribution in [1.82, 2.24) is 15.5 Å². The standard InChI is InChI=1S/C11H19N3O2/c1-12-9-4-6-14(11(9)16)7-5-13-10(15)8-2-3-8/h8-9,12H,2-7H2,1H3,(H,13,15). The van der Waals surface area contributed by atoms with Crippen LogP contribution in [0.2, 0.25) is 0 Å². The molecule has 1 saturated heterocycles. The summed E-state index contributed by atoms with van der Waals surface area (Å²) in [6, 6.07) is -0.0286. The molecule has 90 valence electrons. The maximum absolute atomic E-state index is 11.7. The maximum Gasteiger partial charge on any atom is 0.239 e. The van der Waals surface area contributed by atoms with Crippen molar-refractivity contribution in [2.45, 2.75) is 25.3 Å². The lowest BCUT2D eigenvalue weighted by Crippen LogP contribution is -2.40. The fourth-order valence-corrected chi connectivity index (χ4v) is 2.03. The number of carbonyl (C=O) groups is 2. The van der Waals surface area contributed by atoms with Crippen LogP contribution in [0.1, 0.15) is 19.3 Å². The molecular formula is C11H19N3O2. The quantitative estimate of drug-likeness (QED) is 0.652. The van der Waals surface area contributed by atoms with Crippen molar-refractivity contribution in [1.29, 1.82) is 0 Å². The van der Waals surface area contributed by atoms with Crippen LogP contribution in [0.3, 0.4) is 0 Å². The molecule has 0 aromatic carbocycles. The van der Waals surface area contributed by atoms with Crippen LogP contribution in [0, 0.1) is 5.92 Å². The van der Waals surface area contributed by atoms with Gasteiger partial charge in [0.25, 0.3) is 0 Å². The highest BCUT2D eigenvalue weighted by Gasteiger charge is 2.31. The highest BCUT2D eigenvalue weighted by molar-refractivity contribution is 5.84. The third kappa shape index (κ3) is 2.52. The van der Waals surface area contributed by atoms with E-state index in [1.54, 1.807) is 7.05 Å². The van der Waals surface area contributed by atoms with Gasteiger partial charge in [-0.05, 0) is 26.3 Å². The Morgan fingerprint density at radius 3 is 2.75 bits per heavy atom. The number of likely N-dealkylation sites (N-methyl/N-ethyl adjacent to an activating group) is 1. The maximum atomic E-state index is 11.7. The van der Waals surface area contributed by atoms with Gasteiger partial charge in [0.1, 0.15) is 0 Å². The average Bonchev–Trinajstić information content (AvgIpc) is 3.06. The van der Waals surface area contributed by atoms with E-state index in [1.165, 1.54) is 0 Å². The number of hydrogen-bond acceptors (Lipinski definition) is 3. The molecular weight excluding hydrogens is 206 g/mol. The lowest BCUT2D eigenvalue weighted by atomic mass is 10.3. The van der Waals surface area contributed by atoms with Crippen molar-refractivity contribution in [2.75, 3.05) is 26.7 Å². The van der Waals surface area contributed by atoms with Gasteiger partial charge in [-0.25, -0.2) is 0 Å². The summed E-state index contributed by atoms with van der Waals surface area (Å²) in [5.74, 6) is 0.555. The Bertz CT molecular complexity index is 289. The van der Waals surface area contributed by atoms with Crippen LogP contribution in [0.15, 0.2) is 0 Å². The van der Waals surface area contributed by atoms with Gasteiger partial charge in [0.05, 0.1) is 6.04 Å². The van der Waals surface area contributed by atoms with Gasteiger partial charge in [0.2, 0.25) is 11.8 Å². The van der Waals surface area contributed by atoms with Crippen LogP contribution in [0.4, 0.5) is 0 Å². The molecule has 2 N–H and O–H groups in total. The van der Waals surface area contributed by atoms with Crippen LogP contribution in [0.5, 0.6) is 0 Å². The Morgan fingerprint density at radius 2 is 2.19 bits per heavy atom. The van der Waals surface area contributed by atoms with Crippen LogP contribution < -0.4 is 10.6 Å². The fourth-order valence-electron chi connectivity index (χ4n) is 2.03. The molecule has 1 atom stereocenters. The summed E-state index contributed by atoms with van der Waals surface area (Å²) in [6.07, 6.45) is 2.92. The zero-order valence-corrected chi connectivity index (χ0v) is 9.66. The van der Waals surface area contributed by atoms with Crippen LogP contribution >= 0.6 is 0 Å². The zero-order valence-electron chi connectivity index (χ0n) is 9.66. The normalized spacial score (nSPS) is 24.9. The minimum atomic E-state index is -0.0286. The van der Waals surface area contributed by atoms with Crippen molar-refractivity contribution in [2.24, 2.45) is 5.92 Å². The molecule has 0 spiro atoms. The topological polar surface area (TPSA) is 61.4 Å². The first kappa shape index (κ1) is 11.4. The number of nitrogens with one attached hydrogen (secondary N) is 2. The molecule has 1 aliphatic heterocycles. The molecule has 0 aromatic rings. The van der Waals surface area contributed by atoms with Gasteiger partial charge in [-0.15, -0.1) is 0 Å². The molecule has 1 unspecified atom stereocenters. The molecule has 0 radical (unpaired) electrons. The minimum absolute atomic E-state index is 0.0286. The lowest BCUT2D eigenvalue weighted by molar-refractivity contribution is -0.130. The molecule has 2 aliphatic rings. The van der Waals surface area contributed by atoms with Gasteiger partial charge in [0, 0.05) is 25.6 Å². The number of hydrogen-bond donors (Lipinski definition) is 2. The molecule has 5 heteroatoms. The van der Waals surface area contributed by atoms with Crippen LogP contribution in [0.25, 0.3) is 0 Å². The van der Waals surface area contributed by atoms with Crippen molar-refractivity contribution in [3.8, 4) is 0 Å². The van der Waals surface area contributed by atoms with E-state index in [-0.39, 0.29) is 23.8 Å². The summed E-state index contributed by atoms with van der Waals surface area (Å²) >= 11 is 0. The van der Waals surface area contributed by atoms with E-state index in [0.717, 1.165) is 25.8 Å². The summed E-state index contributed by atoms with van der Waals surface area (Å²) in [5.41, 5.74) is 0. The summed E-state index contributed by atoms with van der Waals surface area (Å²) < 4.78 is 0. The Balaban J connectivity index is 1.66. The molecule has 1 saturated carbocycles. The molecule has 2 amide bonds. The largest absolute Gasteiger partial charge is 0.354 e. The van der Waals surface area contributed by atoms with Gasteiger partial charge in [-0.3, -0.25) is 9.59 Å². The fraction of sp³-hybridized carbons (Fsp3) is 0.818. The second-order valence-electron chi connectivity index (χ2n) is 4.52. The first-order chi connectivity index (χ1) is 7.72. The zero-order chi connectivity index (χ0) is 11.5. The number of carbonyl (C=O) groups excluding carboxylic acids is 2. The Hall–Kier alpha value is -1.10. The third-order valence-corrected chi connectivity index (χ3v) is 3.28. The van der Waals surface area contributed by atoms with Gasteiger partial charge < -0.3 is 15.5 Å². The van der Waals surface area contributed by atoms with Crippen LogP contribution in [-0.2, 0) is 9.59 Å². The molecule has 1 aliphatic carbocycles. The van der Waals surface area contributed by atoms with Crippen LogP contribution in [-0.4, -0.2) is 49.4 Å². The molecule has 2 fully saturated rings. The van der Waals surface area contributed by atoms with Crippen molar-refractivity contribution < 1.29 is 9.59 Å². The highest BCUT2D eigenvalue weighted by atomic mass is 16.2. The molecule has 1 heterocycles. The molecule has 2 rings (SSSR count). The van der Waals surface area contributed by atoms with Gasteiger partial charge in [0.15, 0.2) is 0 Å². The van der Waals surface area contributed by atoms with Gasteiger partial charge in [-0.2, -0.15) is 0 Å². The van der Waals surface area contributed by atoms with E-state index in [0.29, 0.717) is 13.1 Å². The number of likely N-dealkylation sites (tertiary alicyclic amines) is 1. The third-order valence-electron chi connectivity index (χ3n) is 3.28. The summed E-state index contributed by atoms with van der Waals surface area (Å²) in [6.45, 7) is 2.01. The Labute approximate surface area is 95.6 Å². The summed E-state index contributed by atoms with van der Waals surface area (Å²) in [5, 5.41) is 5.86. The van der Waals surface area contributed by atoms with E-state index in [4.69, 9.17) is 0 Å². The van der Waals surface area contributed by atoms with Gasteiger partial charge in [-0.1, -0.05) is 0 Å². The molecule has 16 heavy (non-hydrogen) atoms. The molecule has 0 aromatic heterocycles. The van der Waals surface area contributed by atoms with Crippen molar-refractivity contribution in [3.63, 3.8) is 0 Å². The van der Waals surface area contributed by atoms with E-state index in [9.17, 15) is 9.59 Å². The Morgan fingerprint density at radius 1 is 1.44 bits per heavy atom. The SMILES string of the molecule is CNC1CCN(CCNC(=O)C2CC2)C1=O. The summed E-state index contributed by atoms with van der Waals surface area (Å²) in [4.78, 5) is 24.9. The second-order valence-corrected chi connectivity index (χ2v) is 4.52. The first-order valence-corrected chi connectivity index (χ1v) is 5.96. The predicted octanol–water partition coefficient (Wildman–Crippen LogP) is -0.667. The van der Waals surface area contributed by atoms with E-state index in [1.807, 2.05) is 4.90 Å². The number of amides is 2. The summed E-state index contributed by atoms with van der Waals surface area (Å²) in [7, 11) is 1.81. The predicted molar refractivity (Wildman–Crippen MR) is 59.8 cm³/mol. The monoisotopic (exact) mass is 225 g/mol. The lowest BCUT2D eigenvalue weighted by Gasteiger charge is -2.16. The molecule has 0 bridgehead atoms. The second kappa shape index (κ2) is 4.82. The number of nitrogens with zero attached hydrogens (tertiary/aromatic N) is 1. The van der Waals surface area contributed by atoms with E-state index < -0.39 is 0 Å². The first-order valence-electron chi connectivity index (χ1n) is 5.96. The average molecular weight is 225 g/mol. The minimum Gasteiger partial charge on any atom is -0.354 e. The van der Waals surface area contributed by atoms with Crippen molar-refractivity contribution >= 4 is 11.8 Å². The van der Waals surface area contributed by atoms with Crippen molar-refractivity contribution in [3.05, 3.63) is 0 Å². The van der Waals surface area contributed by atoms with Gasteiger partial charge >= 0.3 is 0 Å². The number of rotatable bonds is 5.